The van der Waals surface area contributed by atoms with E-state index in [2.05, 4.69) is 46.4 Å². The standard InChI is InChI=1S/C22H26N4O2S2.C15H24N4O2S2.C13H20N4O2S2/c1-4-25(21(29)17-12-8-6-9-13-17)23-19(27)16(3)20(28)24-26(5-2)22(30)18-14-10-7-11-15-18;1-14(5-6-14)12(22)18(3)16-10(20)9-11(21)17-19(4)13(23)15(2)7-8-15;1-16(12(20)8-3-4-8)14-10(18)7-11(19)15-17(2)13(21)9-5-6-9/h6-16H,4-5H2,1-3H3,(H,23,27)(H,24,28);5-9H2,1-4H3,(H,16,20)(H,17,21);8-9H,3-7H2,1-2H3,(H,14,18)(H,15,19). The van der Waals surface area contributed by atoms with Gasteiger partial charge in [-0.2, -0.15) is 0 Å². The third-order valence-corrected chi connectivity index (χ3v) is 16.1. The van der Waals surface area contributed by atoms with Crippen molar-refractivity contribution in [3.8, 4) is 0 Å². The summed E-state index contributed by atoms with van der Waals surface area (Å²) in [6, 6.07) is 18.8. The molecule has 6 rings (SSSR count). The molecule has 24 heteroatoms. The number of hydrazine groups is 6. The molecular weight excluding hydrogens is 1060 g/mol. The van der Waals surface area contributed by atoms with Crippen molar-refractivity contribution < 1.29 is 28.8 Å². The minimum absolute atomic E-state index is 0.00569. The number of hydrogen-bond donors (Lipinski definition) is 6. The Bertz CT molecular complexity index is 2270. The molecule has 0 radical (unpaired) electrons. The van der Waals surface area contributed by atoms with Gasteiger partial charge in [0.05, 0.1) is 9.98 Å². The topological polar surface area (TPSA) is 194 Å². The largest absolute Gasteiger partial charge is 0.282 e. The quantitative estimate of drug-likeness (QED) is 0.0798. The highest BCUT2D eigenvalue weighted by Gasteiger charge is 2.44. The van der Waals surface area contributed by atoms with Crippen LogP contribution in [0.5, 0.6) is 0 Å². The van der Waals surface area contributed by atoms with E-state index < -0.39 is 29.5 Å². The van der Waals surface area contributed by atoms with E-state index in [9.17, 15) is 28.8 Å². The fraction of sp³-hybridized carbons (Fsp3) is 0.520. The van der Waals surface area contributed by atoms with Gasteiger partial charge in [-0.1, -0.05) is 148 Å². The molecule has 74 heavy (non-hydrogen) atoms. The van der Waals surface area contributed by atoms with Crippen molar-refractivity contribution in [2.24, 2.45) is 28.6 Å². The first-order valence-corrected chi connectivity index (χ1v) is 26.9. The van der Waals surface area contributed by atoms with Gasteiger partial charge in [0.2, 0.25) is 23.6 Å². The fourth-order valence-corrected chi connectivity index (χ4v) is 8.51. The normalized spacial score (nSPS) is 14.9. The summed E-state index contributed by atoms with van der Waals surface area (Å²) in [6.07, 6.45) is 7.91. The molecule has 0 heterocycles. The second kappa shape index (κ2) is 27.9. The van der Waals surface area contributed by atoms with Gasteiger partial charge < -0.3 is 0 Å². The van der Waals surface area contributed by atoms with Crippen LogP contribution in [0.4, 0.5) is 0 Å². The maximum atomic E-state index is 12.7. The lowest BCUT2D eigenvalue weighted by Gasteiger charge is -2.28. The molecule has 2 aromatic rings. The van der Waals surface area contributed by atoms with Crippen LogP contribution in [0.25, 0.3) is 0 Å². The maximum Gasteiger partial charge on any atom is 0.250 e. The molecule has 4 fully saturated rings. The van der Waals surface area contributed by atoms with E-state index in [-0.39, 0.29) is 35.5 Å². The predicted molar refractivity (Wildman–Crippen MR) is 310 cm³/mol. The SMILES string of the molecule is CCN(NC(=O)C(C)C(=O)NN(CC)C(=S)c1ccccc1)C(=S)c1ccccc1.CN(NC(=O)CC(=O)NN(C)C(=S)C1(C)CC1)C(=S)C1(C)CC1.CN(NC(=O)CC(=O)NN(C)C(=S)C1CC1)C(=S)C1CC1. The Morgan fingerprint density at radius 2 is 0.784 bits per heavy atom. The molecule has 4 saturated carbocycles. The number of benzene rings is 2. The van der Waals surface area contributed by atoms with Gasteiger partial charge in [-0.3, -0.25) is 91.4 Å². The Hall–Kier alpha value is -5.40. The van der Waals surface area contributed by atoms with Gasteiger partial charge in [0.1, 0.15) is 38.7 Å². The Kier molecular flexibility index (Phi) is 23.1. The van der Waals surface area contributed by atoms with Crippen LogP contribution in [-0.4, -0.2) is 137 Å². The summed E-state index contributed by atoms with van der Waals surface area (Å²) in [7, 11) is 6.81. The number of carbonyl (C=O) groups excluding carboxylic acids is 6. The summed E-state index contributed by atoms with van der Waals surface area (Å²) in [5.74, 6) is -2.62. The monoisotopic (exact) mass is 1130 g/mol. The zero-order valence-corrected chi connectivity index (χ0v) is 48.5. The summed E-state index contributed by atoms with van der Waals surface area (Å²) in [6.45, 7) is 10.4. The molecule has 6 amide bonds. The maximum absolute atomic E-state index is 12.7. The highest BCUT2D eigenvalue weighted by molar-refractivity contribution is 7.81. The lowest BCUT2D eigenvalue weighted by molar-refractivity contribution is -0.138. The van der Waals surface area contributed by atoms with Crippen LogP contribution in [0.15, 0.2) is 60.7 Å². The Labute approximate surface area is 467 Å². The molecule has 2 aromatic carbocycles. The molecule has 6 N–H and O–H groups in total. The van der Waals surface area contributed by atoms with Gasteiger partial charge in [0.25, 0.3) is 11.8 Å². The van der Waals surface area contributed by atoms with E-state index in [1.165, 1.54) is 20.0 Å². The first kappa shape index (κ1) is 61.1. The molecule has 0 bridgehead atoms. The lowest BCUT2D eigenvalue weighted by Crippen LogP contribution is -2.53. The molecule has 0 unspecified atom stereocenters. The number of rotatable bonds is 14. The summed E-state index contributed by atoms with van der Waals surface area (Å²) >= 11 is 32.1. The first-order chi connectivity index (χ1) is 34.8. The average molecular weight is 1130 g/mol. The van der Waals surface area contributed by atoms with Crippen LogP contribution < -0.4 is 32.6 Å². The molecule has 0 aromatic heterocycles. The smallest absolute Gasteiger partial charge is 0.250 e. The average Bonchev–Trinajstić information content (AvgIpc) is 4.14. The summed E-state index contributed by atoms with van der Waals surface area (Å²) in [5.41, 5.74) is 17.6. The second-order valence-corrected chi connectivity index (χ2v) is 21.6. The van der Waals surface area contributed by atoms with Gasteiger partial charge in [0.15, 0.2) is 0 Å². The van der Waals surface area contributed by atoms with E-state index in [1.807, 2.05) is 74.5 Å². The van der Waals surface area contributed by atoms with Crippen LogP contribution in [0.2, 0.25) is 0 Å². The Morgan fingerprint density at radius 3 is 1.04 bits per heavy atom. The van der Waals surface area contributed by atoms with Gasteiger partial charge >= 0.3 is 0 Å². The van der Waals surface area contributed by atoms with E-state index in [4.69, 9.17) is 73.3 Å². The molecule has 0 atom stereocenters. The van der Waals surface area contributed by atoms with Crippen LogP contribution in [0.3, 0.4) is 0 Å². The molecule has 4 aliphatic rings. The minimum Gasteiger partial charge on any atom is -0.282 e. The van der Waals surface area contributed by atoms with Crippen molar-refractivity contribution in [2.45, 2.75) is 98.8 Å². The number of carbonyl (C=O) groups is 6. The number of hydrogen-bond acceptors (Lipinski definition) is 12. The van der Waals surface area contributed by atoms with Gasteiger partial charge in [-0.05, 0) is 72.1 Å². The van der Waals surface area contributed by atoms with E-state index >= 15 is 0 Å². The highest BCUT2D eigenvalue weighted by atomic mass is 32.1. The molecular formula is C50H70N12O6S6. The third-order valence-electron chi connectivity index (χ3n) is 12.4. The predicted octanol–water partition coefficient (Wildman–Crippen LogP) is 5.41. The third kappa shape index (κ3) is 19.1. The Morgan fingerprint density at radius 1 is 0.500 bits per heavy atom. The minimum atomic E-state index is -0.940. The Balaban J connectivity index is 0.000000245. The van der Waals surface area contributed by atoms with Crippen molar-refractivity contribution in [1.82, 2.24) is 62.6 Å². The van der Waals surface area contributed by atoms with Crippen molar-refractivity contribution in [2.75, 3.05) is 41.3 Å². The van der Waals surface area contributed by atoms with Crippen LogP contribution in [0.1, 0.15) is 110 Å². The van der Waals surface area contributed by atoms with Crippen molar-refractivity contribution in [3.63, 3.8) is 0 Å². The van der Waals surface area contributed by atoms with Crippen molar-refractivity contribution >= 4 is 139 Å². The molecule has 0 saturated heterocycles. The lowest BCUT2D eigenvalue weighted by atomic mass is 10.1. The highest BCUT2D eigenvalue weighted by Crippen LogP contribution is 2.47. The van der Waals surface area contributed by atoms with Crippen LogP contribution in [-0.2, 0) is 28.8 Å². The zero-order valence-electron chi connectivity index (χ0n) is 43.6. The van der Waals surface area contributed by atoms with E-state index in [1.54, 1.807) is 45.1 Å². The van der Waals surface area contributed by atoms with Crippen molar-refractivity contribution in [1.29, 1.82) is 0 Å². The van der Waals surface area contributed by atoms with Crippen molar-refractivity contribution in [3.05, 3.63) is 71.8 Å². The van der Waals surface area contributed by atoms with E-state index in [0.717, 1.165) is 72.5 Å². The fourth-order valence-electron chi connectivity index (χ4n) is 6.83. The van der Waals surface area contributed by atoms with Gasteiger partial charge in [-0.15, -0.1) is 0 Å². The number of nitrogens with zero attached hydrogens (tertiary/aromatic N) is 6. The van der Waals surface area contributed by atoms with Gasteiger partial charge in [-0.25, -0.2) is 0 Å². The number of thiocarbonyl (C=S) groups is 6. The van der Waals surface area contributed by atoms with Crippen LogP contribution in [0, 0.1) is 28.6 Å². The van der Waals surface area contributed by atoms with Crippen LogP contribution >= 0.6 is 73.3 Å². The molecule has 0 aliphatic heterocycles. The summed E-state index contributed by atoms with van der Waals surface area (Å²) < 4.78 is 0. The molecule has 402 valence electrons. The summed E-state index contributed by atoms with van der Waals surface area (Å²) in [5, 5.41) is 9.25. The number of nitrogens with one attached hydrogen (secondary N) is 6. The molecule has 18 nitrogen and oxygen atoms in total. The first-order valence-electron chi connectivity index (χ1n) is 24.5. The van der Waals surface area contributed by atoms with Gasteiger partial charge in [0, 0.05) is 75.1 Å². The van der Waals surface area contributed by atoms with E-state index in [0.29, 0.717) is 44.9 Å². The second-order valence-electron chi connectivity index (χ2n) is 19.2. The summed E-state index contributed by atoms with van der Waals surface area (Å²) in [4.78, 5) is 76.6. The molecule has 4 aliphatic carbocycles. The molecule has 0 spiro atoms. The number of amides is 6. The zero-order chi connectivity index (χ0) is 55.1.